The van der Waals surface area contributed by atoms with Crippen LogP contribution in [0.15, 0.2) is 9.59 Å². The number of nitrogens with one attached hydrogen (secondary N) is 1. The standard InChI is InChI=1S/C10H14N2O3/c1-3-6-8(13)11-10(15)12(9(6)14)7-4-5(7)2/h5,7,14H,3-4H2,1-2H3,(H,11,13,15). The molecule has 2 atom stereocenters. The van der Waals surface area contributed by atoms with E-state index in [2.05, 4.69) is 4.98 Å². The molecule has 1 heterocycles. The zero-order valence-electron chi connectivity index (χ0n) is 8.78. The molecular weight excluding hydrogens is 196 g/mol. The van der Waals surface area contributed by atoms with E-state index in [-0.39, 0.29) is 17.5 Å². The molecule has 0 saturated heterocycles. The first-order valence-electron chi connectivity index (χ1n) is 5.13. The van der Waals surface area contributed by atoms with Gasteiger partial charge >= 0.3 is 5.69 Å². The Morgan fingerprint density at radius 3 is 2.60 bits per heavy atom. The highest BCUT2D eigenvalue weighted by Crippen LogP contribution is 2.43. The highest BCUT2D eigenvalue weighted by atomic mass is 16.3. The smallest absolute Gasteiger partial charge is 0.331 e. The molecular formula is C10H14N2O3. The van der Waals surface area contributed by atoms with Crippen LogP contribution in [0.25, 0.3) is 0 Å². The summed E-state index contributed by atoms with van der Waals surface area (Å²) in [6.45, 7) is 3.78. The van der Waals surface area contributed by atoms with Gasteiger partial charge in [0.1, 0.15) is 0 Å². The lowest BCUT2D eigenvalue weighted by Gasteiger charge is -2.09. The van der Waals surface area contributed by atoms with E-state index < -0.39 is 11.2 Å². The van der Waals surface area contributed by atoms with E-state index in [4.69, 9.17) is 0 Å². The minimum atomic E-state index is -0.510. The molecule has 5 heteroatoms. The van der Waals surface area contributed by atoms with Gasteiger partial charge in [-0.25, -0.2) is 4.79 Å². The SMILES string of the molecule is CCc1c(O)n(C2CC2C)c(=O)[nH]c1=O. The Kier molecular flexibility index (Phi) is 2.17. The largest absolute Gasteiger partial charge is 0.494 e. The average Bonchev–Trinajstić information content (AvgIpc) is 2.82. The van der Waals surface area contributed by atoms with Crippen molar-refractivity contribution < 1.29 is 5.11 Å². The molecule has 0 radical (unpaired) electrons. The van der Waals surface area contributed by atoms with E-state index in [1.54, 1.807) is 6.92 Å². The summed E-state index contributed by atoms with van der Waals surface area (Å²) in [7, 11) is 0. The van der Waals surface area contributed by atoms with Crippen LogP contribution < -0.4 is 11.2 Å². The molecule has 0 amide bonds. The first-order chi connectivity index (χ1) is 7.06. The maximum atomic E-state index is 11.5. The first-order valence-corrected chi connectivity index (χ1v) is 5.13. The van der Waals surface area contributed by atoms with Crippen LogP contribution >= 0.6 is 0 Å². The maximum absolute atomic E-state index is 11.5. The van der Waals surface area contributed by atoms with Crippen molar-refractivity contribution in [3.8, 4) is 5.88 Å². The quantitative estimate of drug-likeness (QED) is 0.741. The normalized spacial score (nSPS) is 24.1. The molecule has 1 aliphatic carbocycles. The van der Waals surface area contributed by atoms with Crippen LogP contribution in [0.5, 0.6) is 5.88 Å². The second-order valence-corrected chi connectivity index (χ2v) is 4.07. The summed E-state index contributed by atoms with van der Waals surface area (Å²) >= 11 is 0. The van der Waals surface area contributed by atoms with Gasteiger partial charge in [0.15, 0.2) is 0 Å². The Morgan fingerprint density at radius 2 is 2.13 bits per heavy atom. The third-order valence-electron chi connectivity index (χ3n) is 2.96. The predicted octanol–water partition coefficient (Wildman–Crippen LogP) is 0.386. The molecule has 1 saturated carbocycles. The van der Waals surface area contributed by atoms with Crippen LogP contribution in [0.1, 0.15) is 31.9 Å². The Balaban J connectivity index is 2.64. The minimum Gasteiger partial charge on any atom is -0.494 e. The second kappa shape index (κ2) is 3.25. The van der Waals surface area contributed by atoms with Crippen molar-refractivity contribution in [2.75, 3.05) is 0 Å². The summed E-state index contributed by atoms with van der Waals surface area (Å²) in [4.78, 5) is 25.1. The Bertz CT molecular complexity index is 500. The number of H-pyrrole nitrogens is 1. The lowest BCUT2D eigenvalue weighted by Crippen LogP contribution is -2.31. The van der Waals surface area contributed by atoms with Crippen molar-refractivity contribution in [1.82, 2.24) is 9.55 Å². The van der Waals surface area contributed by atoms with Crippen LogP contribution in [0.4, 0.5) is 0 Å². The Hall–Kier alpha value is -1.52. The Morgan fingerprint density at radius 1 is 1.53 bits per heavy atom. The van der Waals surface area contributed by atoms with Crippen LogP contribution in [-0.2, 0) is 6.42 Å². The van der Waals surface area contributed by atoms with Crippen molar-refractivity contribution in [2.45, 2.75) is 32.7 Å². The van der Waals surface area contributed by atoms with Gasteiger partial charge < -0.3 is 5.11 Å². The fourth-order valence-corrected chi connectivity index (χ4v) is 1.86. The Labute approximate surface area is 86.4 Å². The number of hydrogen-bond donors (Lipinski definition) is 2. The molecule has 0 aliphatic heterocycles. The zero-order chi connectivity index (χ0) is 11.2. The number of aromatic nitrogens is 2. The van der Waals surface area contributed by atoms with E-state index in [9.17, 15) is 14.7 Å². The third-order valence-corrected chi connectivity index (χ3v) is 2.96. The van der Waals surface area contributed by atoms with Crippen molar-refractivity contribution in [3.05, 3.63) is 26.4 Å². The highest BCUT2D eigenvalue weighted by molar-refractivity contribution is 5.24. The lowest BCUT2D eigenvalue weighted by atomic mass is 10.2. The van der Waals surface area contributed by atoms with Crippen LogP contribution in [0.3, 0.4) is 0 Å². The van der Waals surface area contributed by atoms with E-state index in [0.717, 1.165) is 6.42 Å². The fourth-order valence-electron chi connectivity index (χ4n) is 1.86. The lowest BCUT2D eigenvalue weighted by molar-refractivity contribution is 0.390. The molecule has 2 rings (SSSR count). The van der Waals surface area contributed by atoms with Gasteiger partial charge in [-0.3, -0.25) is 14.3 Å². The molecule has 1 fully saturated rings. The van der Waals surface area contributed by atoms with Gasteiger partial charge in [-0.15, -0.1) is 0 Å². The van der Waals surface area contributed by atoms with Gasteiger partial charge in [0.2, 0.25) is 5.88 Å². The monoisotopic (exact) mass is 210 g/mol. The van der Waals surface area contributed by atoms with Gasteiger partial charge in [0, 0.05) is 6.04 Å². The number of aromatic hydroxyl groups is 1. The molecule has 0 bridgehead atoms. The van der Waals surface area contributed by atoms with Gasteiger partial charge in [-0.1, -0.05) is 13.8 Å². The molecule has 2 N–H and O–H groups in total. The van der Waals surface area contributed by atoms with Crippen molar-refractivity contribution in [2.24, 2.45) is 5.92 Å². The summed E-state index contributed by atoms with van der Waals surface area (Å²) in [5.41, 5.74) is -0.706. The average molecular weight is 210 g/mol. The number of aromatic amines is 1. The van der Waals surface area contributed by atoms with E-state index in [1.807, 2.05) is 6.92 Å². The number of hydrogen-bond acceptors (Lipinski definition) is 3. The van der Waals surface area contributed by atoms with Crippen LogP contribution in [0, 0.1) is 5.92 Å². The van der Waals surface area contributed by atoms with Crippen molar-refractivity contribution in [1.29, 1.82) is 0 Å². The molecule has 5 nitrogen and oxygen atoms in total. The second-order valence-electron chi connectivity index (χ2n) is 4.07. The van der Waals surface area contributed by atoms with E-state index >= 15 is 0 Å². The number of nitrogens with zero attached hydrogens (tertiary/aromatic N) is 1. The maximum Gasteiger partial charge on any atom is 0.331 e. The minimum absolute atomic E-state index is 0.0413. The summed E-state index contributed by atoms with van der Waals surface area (Å²) in [6.07, 6.45) is 1.30. The molecule has 1 aromatic heterocycles. The van der Waals surface area contributed by atoms with Gasteiger partial charge in [-0.05, 0) is 18.8 Å². The molecule has 1 aliphatic rings. The van der Waals surface area contributed by atoms with E-state index in [0.29, 0.717) is 12.3 Å². The summed E-state index contributed by atoms with van der Waals surface area (Å²) in [5, 5.41) is 9.82. The molecule has 1 aromatic rings. The zero-order valence-corrected chi connectivity index (χ0v) is 8.78. The van der Waals surface area contributed by atoms with Crippen molar-refractivity contribution >= 4 is 0 Å². The number of rotatable bonds is 2. The van der Waals surface area contributed by atoms with E-state index in [1.165, 1.54) is 4.57 Å². The van der Waals surface area contributed by atoms with Crippen molar-refractivity contribution in [3.63, 3.8) is 0 Å². The fraction of sp³-hybridized carbons (Fsp3) is 0.600. The van der Waals surface area contributed by atoms with Crippen LogP contribution in [0.2, 0.25) is 0 Å². The summed E-state index contributed by atoms with van der Waals surface area (Å²) in [6, 6.07) is 0.0413. The predicted molar refractivity (Wildman–Crippen MR) is 55.2 cm³/mol. The first kappa shape index (κ1) is 10.0. The molecule has 0 aromatic carbocycles. The highest BCUT2D eigenvalue weighted by Gasteiger charge is 2.37. The molecule has 2 unspecified atom stereocenters. The molecule has 0 spiro atoms. The van der Waals surface area contributed by atoms with Crippen LogP contribution in [-0.4, -0.2) is 14.7 Å². The molecule has 15 heavy (non-hydrogen) atoms. The van der Waals surface area contributed by atoms with Gasteiger partial charge in [0.25, 0.3) is 5.56 Å². The summed E-state index contributed by atoms with van der Waals surface area (Å²) < 4.78 is 1.30. The summed E-state index contributed by atoms with van der Waals surface area (Å²) in [5.74, 6) is 0.227. The van der Waals surface area contributed by atoms with Gasteiger partial charge in [-0.2, -0.15) is 0 Å². The topological polar surface area (TPSA) is 75.1 Å². The third kappa shape index (κ3) is 1.48. The molecule has 82 valence electrons. The van der Waals surface area contributed by atoms with Gasteiger partial charge in [0.05, 0.1) is 5.56 Å².